The molecule has 7 heteroatoms. The number of likely N-dealkylation sites (N-methyl/N-ethyl adjacent to an activating group) is 1. The second-order valence-corrected chi connectivity index (χ2v) is 7.16. The normalized spacial score (nSPS) is 18.6. The third-order valence-electron chi connectivity index (χ3n) is 3.34. The van der Waals surface area contributed by atoms with Crippen LogP contribution in [0.1, 0.15) is 24.8 Å². The van der Waals surface area contributed by atoms with Gasteiger partial charge in [0.25, 0.3) is 0 Å². The summed E-state index contributed by atoms with van der Waals surface area (Å²) in [5.41, 5.74) is 0.978. The number of hydrogen-bond donors (Lipinski definition) is 1. The molecule has 1 fully saturated rings. The van der Waals surface area contributed by atoms with Crippen LogP contribution in [0, 0.1) is 0 Å². The lowest BCUT2D eigenvalue weighted by Crippen LogP contribution is -2.40. The summed E-state index contributed by atoms with van der Waals surface area (Å²) in [6, 6.07) is 1.48. The van der Waals surface area contributed by atoms with Gasteiger partial charge in [-0.2, -0.15) is 0 Å². The van der Waals surface area contributed by atoms with Crippen molar-refractivity contribution in [2.45, 2.75) is 31.7 Å². The maximum absolute atomic E-state index is 11.8. The first-order chi connectivity index (χ1) is 9.47. The fourth-order valence-corrected chi connectivity index (χ4v) is 3.75. The van der Waals surface area contributed by atoms with E-state index in [0.29, 0.717) is 40.9 Å². The smallest absolute Gasteiger partial charge is 0.244 e. The number of thiophene rings is 1. The van der Waals surface area contributed by atoms with Gasteiger partial charge in [-0.25, -0.2) is 0 Å². The molecule has 0 radical (unpaired) electrons. The highest BCUT2D eigenvalue weighted by molar-refractivity contribution is 7.20. The van der Waals surface area contributed by atoms with Crippen molar-refractivity contribution in [3.05, 3.63) is 20.3 Å². The van der Waals surface area contributed by atoms with E-state index in [1.54, 1.807) is 11.9 Å². The van der Waals surface area contributed by atoms with Crippen LogP contribution in [0.5, 0.6) is 0 Å². The summed E-state index contributed by atoms with van der Waals surface area (Å²) < 4.78 is 1.34. The maximum Gasteiger partial charge on any atom is 0.244 e. The monoisotopic (exact) mass is 334 g/mol. The van der Waals surface area contributed by atoms with E-state index in [0.717, 1.165) is 5.56 Å². The molecule has 2 heterocycles. The summed E-state index contributed by atoms with van der Waals surface area (Å²) in [6.45, 7) is 0.701. The molecular weight excluding hydrogens is 319 g/mol. The molecule has 2 rings (SSSR count). The van der Waals surface area contributed by atoms with Crippen molar-refractivity contribution in [3.8, 4) is 0 Å². The van der Waals surface area contributed by atoms with Crippen LogP contribution in [0.4, 0.5) is 0 Å². The van der Waals surface area contributed by atoms with Crippen molar-refractivity contribution in [2.75, 3.05) is 13.6 Å². The lowest BCUT2D eigenvalue weighted by atomic mass is 10.1. The predicted molar refractivity (Wildman–Crippen MR) is 81.5 cm³/mol. The van der Waals surface area contributed by atoms with Crippen molar-refractivity contribution < 1.29 is 9.59 Å². The van der Waals surface area contributed by atoms with E-state index in [4.69, 9.17) is 23.2 Å². The molecule has 1 atom stereocenters. The van der Waals surface area contributed by atoms with Crippen molar-refractivity contribution >= 4 is 46.4 Å². The Morgan fingerprint density at radius 2 is 2.30 bits per heavy atom. The van der Waals surface area contributed by atoms with E-state index in [1.807, 2.05) is 6.07 Å². The molecule has 1 aromatic heterocycles. The van der Waals surface area contributed by atoms with Crippen LogP contribution >= 0.6 is 34.5 Å². The number of likely N-dealkylation sites (tertiary alicyclic amines) is 1. The number of carbonyl (C=O) groups is 2. The highest BCUT2D eigenvalue weighted by atomic mass is 35.5. The van der Waals surface area contributed by atoms with Crippen molar-refractivity contribution in [1.82, 2.24) is 10.2 Å². The van der Waals surface area contributed by atoms with Gasteiger partial charge in [-0.1, -0.05) is 23.2 Å². The maximum atomic E-state index is 11.8. The van der Waals surface area contributed by atoms with Gasteiger partial charge in [-0.05, 0) is 30.9 Å². The number of hydrogen-bond acceptors (Lipinski definition) is 3. The number of nitrogens with one attached hydrogen (secondary N) is 1. The number of amides is 2. The van der Waals surface area contributed by atoms with Gasteiger partial charge in [-0.15, -0.1) is 11.3 Å². The third-order valence-corrected chi connectivity index (χ3v) is 4.91. The van der Waals surface area contributed by atoms with E-state index >= 15 is 0 Å². The minimum atomic E-state index is -0.355. The highest BCUT2D eigenvalue weighted by Gasteiger charge is 2.29. The standard InChI is InChI=1S/C13H16Cl2N2O2S/c1-17-6-5-9(13(17)19)16-11(18)4-2-3-8-7-10(14)20-12(8)15/h7,9H,2-6H2,1H3,(H,16,18)/t9-/m1/s1. The number of halogens is 2. The highest BCUT2D eigenvalue weighted by Crippen LogP contribution is 2.32. The van der Waals surface area contributed by atoms with Crippen molar-refractivity contribution in [2.24, 2.45) is 0 Å². The second kappa shape index (κ2) is 6.78. The molecule has 4 nitrogen and oxygen atoms in total. The zero-order chi connectivity index (χ0) is 14.7. The first kappa shape index (κ1) is 15.6. The molecule has 0 unspecified atom stereocenters. The predicted octanol–water partition coefficient (Wildman–Crippen LogP) is 2.72. The Kier molecular flexibility index (Phi) is 5.29. The molecule has 20 heavy (non-hydrogen) atoms. The SMILES string of the molecule is CN1CC[C@@H](NC(=O)CCCc2cc(Cl)sc2Cl)C1=O. The Labute approximate surface area is 132 Å². The van der Waals surface area contributed by atoms with Gasteiger partial charge in [0.1, 0.15) is 6.04 Å². The van der Waals surface area contributed by atoms with E-state index in [2.05, 4.69) is 5.32 Å². The van der Waals surface area contributed by atoms with Crippen LogP contribution in [-0.2, 0) is 16.0 Å². The summed E-state index contributed by atoms with van der Waals surface area (Å²) in [5, 5.41) is 2.78. The van der Waals surface area contributed by atoms with E-state index in [1.165, 1.54) is 11.3 Å². The Morgan fingerprint density at radius 1 is 1.55 bits per heavy atom. The molecule has 110 valence electrons. The molecule has 0 aromatic carbocycles. The van der Waals surface area contributed by atoms with Crippen LogP contribution in [0.25, 0.3) is 0 Å². The zero-order valence-corrected chi connectivity index (χ0v) is 13.4. The quantitative estimate of drug-likeness (QED) is 0.899. The number of aryl methyl sites for hydroxylation is 1. The first-order valence-electron chi connectivity index (χ1n) is 6.45. The zero-order valence-electron chi connectivity index (χ0n) is 11.1. The van der Waals surface area contributed by atoms with Gasteiger partial charge in [0.15, 0.2) is 0 Å². The minimum absolute atomic E-state index is 0.00832. The third kappa shape index (κ3) is 3.87. The van der Waals surface area contributed by atoms with Crippen LogP contribution in [0.3, 0.4) is 0 Å². The summed E-state index contributed by atoms with van der Waals surface area (Å²) >= 11 is 13.2. The molecule has 1 aromatic rings. The van der Waals surface area contributed by atoms with E-state index in [-0.39, 0.29) is 17.9 Å². The topological polar surface area (TPSA) is 49.4 Å². The Balaban J connectivity index is 1.73. The van der Waals surface area contributed by atoms with Crippen molar-refractivity contribution in [3.63, 3.8) is 0 Å². The van der Waals surface area contributed by atoms with E-state index < -0.39 is 0 Å². The lowest BCUT2D eigenvalue weighted by molar-refractivity contribution is -0.131. The molecular formula is C13H16Cl2N2O2S. The minimum Gasteiger partial charge on any atom is -0.344 e. The second-order valence-electron chi connectivity index (χ2n) is 4.87. The number of rotatable bonds is 5. The number of nitrogens with zero attached hydrogens (tertiary/aromatic N) is 1. The fraction of sp³-hybridized carbons (Fsp3) is 0.538. The fourth-order valence-electron chi connectivity index (χ4n) is 2.21. The summed E-state index contributed by atoms with van der Waals surface area (Å²) in [4.78, 5) is 25.1. The van der Waals surface area contributed by atoms with E-state index in [9.17, 15) is 9.59 Å². The molecule has 0 bridgehead atoms. The molecule has 1 aliphatic rings. The Hall–Kier alpha value is -0.780. The number of carbonyl (C=O) groups excluding carboxylic acids is 2. The largest absolute Gasteiger partial charge is 0.344 e. The lowest BCUT2D eigenvalue weighted by Gasteiger charge is -2.12. The van der Waals surface area contributed by atoms with Crippen molar-refractivity contribution in [1.29, 1.82) is 0 Å². The van der Waals surface area contributed by atoms with Gasteiger partial charge in [0.05, 0.1) is 8.67 Å². The molecule has 1 saturated heterocycles. The van der Waals surface area contributed by atoms with Gasteiger partial charge in [-0.3, -0.25) is 9.59 Å². The molecule has 0 spiro atoms. The van der Waals surface area contributed by atoms with Gasteiger partial charge in [0, 0.05) is 20.0 Å². The van der Waals surface area contributed by atoms with Crippen LogP contribution in [0.15, 0.2) is 6.07 Å². The van der Waals surface area contributed by atoms with Crippen LogP contribution < -0.4 is 5.32 Å². The first-order valence-corrected chi connectivity index (χ1v) is 8.02. The van der Waals surface area contributed by atoms with Crippen LogP contribution in [-0.4, -0.2) is 36.3 Å². The van der Waals surface area contributed by atoms with Gasteiger partial charge < -0.3 is 10.2 Å². The molecule has 1 N–H and O–H groups in total. The molecule has 0 saturated carbocycles. The average Bonchev–Trinajstić information content (AvgIpc) is 2.86. The molecule has 0 aliphatic carbocycles. The van der Waals surface area contributed by atoms with Gasteiger partial charge >= 0.3 is 0 Å². The Bertz CT molecular complexity index is 518. The average molecular weight is 335 g/mol. The summed E-state index contributed by atoms with van der Waals surface area (Å²) in [7, 11) is 1.75. The van der Waals surface area contributed by atoms with Gasteiger partial charge in [0.2, 0.25) is 11.8 Å². The molecule has 2 amide bonds. The van der Waals surface area contributed by atoms with Crippen LogP contribution in [0.2, 0.25) is 8.67 Å². The summed E-state index contributed by atoms with van der Waals surface area (Å²) in [6.07, 6.45) is 2.48. The Morgan fingerprint density at radius 3 is 2.85 bits per heavy atom. The molecule has 1 aliphatic heterocycles. The summed E-state index contributed by atoms with van der Waals surface area (Å²) in [5.74, 6) is -0.0953.